The average Bonchev–Trinajstić information content (AvgIpc) is 3.01. The van der Waals surface area contributed by atoms with E-state index in [4.69, 9.17) is 0 Å². The van der Waals surface area contributed by atoms with Crippen molar-refractivity contribution in [3.05, 3.63) is 47.2 Å². The second-order valence-corrected chi connectivity index (χ2v) is 8.21. The van der Waals surface area contributed by atoms with Gasteiger partial charge in [0.25, 0.3) is 0 Å². The summed E-state index contributed by atoms with van der Waals surface area (Å²) in [4.78, 5) is 18.6. The molecule has 3 aliphatic heterocycles. The highest BCUT2D eigenvalue weighted by Gasteiger charge is 2.59. The summed E-state index contributed by atoms with van der Waals surface area (Å²) in [5, 5.41) is 11.6. The van der Waals surface area contributed by atoms with Gasteiger partial charge in [-0.1, -0.05) is 57.0 Å². The number of aromatic amines is 1. The zero-order valence-corrected chi connectivity index (χ0v) is 16.6. The van der Waals surface area contributed by atoms with Crippen LogP contribution in [-0.2, 0) is 16.6 Å². The lowest BCUT2D eigenvalue weighted by atomic mass is 9.60. The maximum atomic E-state index is 12.7. The van der Waals surface area contributed by atoms with E-state index < -0.39 is 11.4 Å². The average molecular weight is 367 g/mol. The molecule has 0 spiro atoms. The minimum atomic E-state index is -0.826. The molecule has 0 radical (unpaired) electrons. The second-order valence-electron chi connectivity index (χ2n) is 8.21. The number of nitrogens with zero attached hydrogens (tertiary/aromatic N) is 1. The van der Waals surface area contributed by atoms with Gasteiger partial charge in [0.1, 0.15) is 5.41 Å². The molecule has 1 aromatic heterocycles. The zero-order valence-electron chi connectivity index (χ0n) is 16.6. The standard InChI is InChI=1S/C20H22N2O2.C3H8/c1-2-13-9-12-10-20(19(23)24)17-15(7-8-22(11-12)18(13)20)14-5-3-4-6-16(14)21-17;1-3-2/h3-6,9,12,18,21H,2,7-8,10-11H2,1H3,(H,23,24);3H2,1-2H3. The molecule has 4 nitrogen and oxygen atoms in total. The van der Waals surface area contributed by atoms with E-state index in [0.717, 1.165) is 37.1 Å². The largest absolute Gasteiger partial charge is 0.480 e. The fourth-order valence-corrected chi connectivity index (χ4v) is 5.54. The van der Waals surface area contributed by atoms with Gasteiger partial charge in [-0.05, 0) is 36.8 Å². The molecular weight excluding hydrogens is 336 g/mol. The Morgan fingerprint density at radius 1 is 1.30 bits per heavy atom. The number of carboxylic acids is 1. The third-order valence-corrected chi connectivity index (χ3v) is 6.38. The van der Waals surface area contributed by atoms with Crippen molar-refractivity contribution in [3.63, 3.8) is 0 Å². The number of benzene rings is 1. The van der Waals surface area contributed by atoms with E-state index in [1.807, 2.05) is 12.1 Å². The topological polar surface area (TPSA) is 56.3 Å². The number of hydrogen-bond acceptors (Lipinski definition) is 2. The van der Waals surface area contributed by atoms with Crippen LogP contribution in [0.5, 0.6) is 0 Å². The predicted molar refractivity (Wildman–Crippen MR) is 109 cm³/mol. The molecule has 4 heteroatoms. The molecule has 4 heterocycles. The molecule has 0 saturated carbocycles. The first kappa shape index (κ1) is 18.3. The van der Waals surface area contributed by atoms with Crippen molar-refractivity contribution >= 4 is 16.9 Å². The molecule has 1 fully saturated rings. The number of aliphatic carboxylic acids is 1. The zero-order chi connectivity index (χ0) is 19.2. The highest BCUT2D eigenvalue weighted by atomic mass is 16.4. The van der Waals surface area contributed by atoms with Crippen molar-refractivity contribution < 1.29 is 9.90 Å². The molecule has 0 amide bonds. The van der Waals surface area contributed by atoms with Gasteiger partial charge in [0, 0.05) is 29.7 Å². The summed E-state index contributed by atoms with van der Waals surface area (Å²) < 4.78 is 0. The van der Waals surface area contributed by atoms with E-state index in [2.05, 4.69) is 48.9 Å². The Labute approximate surface area is 161 Å². The van der Waals surface area contributed by atoms with Crippen LogP contribution >= 0.6 is 0 Å². The summed E-state index contributed by atoms with van der Waals surface area (Å²) in [6.45, 7) is 8.36. The molecule has 1 aliphatic carbocycles. The Hall–Kier alpha value is -2.07. The van der Waals surface area contributed by atoms with Crippen LogP contribution in [0.15, 0.2) is 35.9 Å². The predicted octanol–water partition coefficient (Wildman–Crippen LogP) is 4.50. The Bertz CT molecular complexity index is 897. The van der Waals surface area contributed by atoms with Crippen molar-refractivity contribution in [1.29, 1.82) is 0 Å². The van der Waals surface area contributed by atoms with E-state index in [9.17, 15) is 9.90 Å². The Balaban J connectivity index is 0.000000565. The van der Waals surface area contributed by atoms with Crippen LogP contribution in [0.3, 0.4) is 0 Å². The number of carboxylic acid groups (broad SMARTS) is 1. The number of hydrogen-bond donors (Lipinski definition) is 2. The van der Waals surface area contributed by atoms with Gasteiger partial charge < -0.3 is 10.1 Å². The molecule has 4 aliphatic rings. The summed E-state index contributed by atoms with van der Waals surface area (Å²) in [6.07, 6.45) is 6.18. The highest BCUT2D eigenvalue weighted by molar-refractivity contribution is 5.91. The quantitative estimate of drug-likeness (QED) is 0.769. The van der Waals surface area contributed by atoms with Gasteiger partial charge in [0.05, 0.1) is 6.04 Å². The van der Waals surface area contributed by atoms with Crippen molar-refractivity contribution in [2.45, 2.75) is 57.9 Å². The minimum Gasteiger partial charge on any atom is -0.480 e. The molecule has 4 unspecified atom stereocenters. The monoisotopic (exact) mass is 366 g/mol. The smallest absolute Gasteiger partial charge is 0.317 e. The van der Waals surface area contributed by atoms with Crippen molar-refractivity contribution in [3.8, 4) is 0 Å². The summed E-state index contributed by atoms with van der Waals surface area (Å²) >= 11 is 0. The first-order valence-corrected chi connectivity index (χ1v) is 10.3. The van der Waals surface area contributed by atoms with Crippen molar-refractivity contribution in [2.24, 2.45) is 5.92 Å². The van der Waals surface area contributed by atoms with Gasteiger partial charge in [0.15, 0.2) is 0 Å². The van der Waals surface area contributed by atoms with Crippen LogP contribution < -0.4 is 0 Å². The Morgan fingerprint density at radius 3 is 2.74 bits per heavy atom. The number of nitrogens with one attached hydrogen (secondary N) is 1. The maximum Gasteiger partial charge on any atom is 0.317 e. The molecule has 144 valence electrons. The van der Waals surface area contributed by atoms with Crippen LogP contribution in [0.1, 0.15) is 51.3 Å². The van der Waals surface area contributed by atoms with E-state index in [0.29, 0.717) is 12.3 Å². The number of aromatic nitrogens is 1. The molecule has 6 rings (SSSR count). The lowest BCUT2D eigenvalue weighted by Gasteiger charge is -2.53. The van der Waals surface area contributed by atoms with E-state index in [1.54, 1.807) is 0 Å². The third kappa shape index (κ3) is 2.57. The minimum absolute atomic E-state index is 0.000637. The molecule has 1 aromatic carbocycles. The third-order valence-electron chi connectivity index (χ3n) is 6.38. The van der Waals surface area contributed by atoms with Crippen molar-refractivity contribution in [2.75, 3.05) is 13.1 Å². The lowest BCUT2D eigenvalue weighted by Crippen LogP contribution is -2.63. The lowest BCUT2D eigenvalue weighted by molar-refractivity contribution is -0.150. The number of carbonyl (C=O) groups is 1. The van der Waals surface area contributed by atoms with Gasteiger partial charge in [-0.3, -0.25) is 9.69 Å². The Kier molecular flexibility index (Phi) is 4.63. The molecule has 27 heavy (non-hydrogen) atoms. The number of piperidine rings is 1. The van der Waals surface area contributed by atoms with Gasteiger partial charge in [-0.25, -0.2) is 0 Å². The van der Waals surface area contributed by atoms with E-state index in [-0.39, 0.29) is 6.04 Å². The van der Waals surface area contributed by atoms with Gasteiger partial charge in [0.2, 0.25) is 0 Å². The van der Waals surface area contributed by atoms with Gasteiger partial charge in [-0.2, -0.15) is 0 Å². The molecular formula is C23H30N2O2. The number of rotatable bonds is 2. The molecule has 1 saturated heterocycles. The number of H-pyrrole nitrogens is 1. The van der Waals surface area contributed by atoms with Crippen LogP contribution in [0.25, 0.3) is 10.9 Å². The second kappa shape index (κ2) is 6.83. The summed E-state index contributed by atoms with van der Waals surface area (Å²) in [5.41, 5.74) is 3.74. The molecule has 4 bridgehead atoms. The van der Waals surface area contributed by atoms with Gasteiger partial charge >= 0.3 is 5.97 Å². The number of para-hydroxylation sites is 1. The fraction of sp³-hybridized carbons (Fsp3) is 0.522. The van der Waals surface area contributed by atoms with Crippen LogP contribution in [0.2, 0.25) is 0 Å². The van der Waals surface area contributed by atoms with E-state index >= 15 is 0 Å². The fourth-order valence-electron chi connectivity index (χ4n) is 5.54. The molecule has 2 N–H and O–H groups in total. The normalized spacial score (nSPS) is 30.8. The SMILES string of the molecule is CCC.CCC1=CC2CN3CCc4c([nH]c5ccccc45)C(C(=O)O)(C2)C13. The summed E-state index contributed by atoms with van der Waals surface area (Å²) in [6, 6.07) is 8.25. The van der Waals surface area contributed by atoms with Crippen molar-refractivity contribution in [1.82, 2.24) is 9.88 Å². The van der Waals surface area contributed by atoms with Crippen LogP contribution in [0, 0.1) is 5.92 Å². The van der Waals surface area contributed by atoms with Crippen LogP contribution in [0.4, 0.5) is 0 Å². The maximum absolute atomic E-state index is 12.7. The first-order chi connectivity index (χ1) is 13.1. The number of fused-ring (bicyclic) bond motifs is 3. The van der Waals surface area contributed by atoms with Crippen LogP contribution in [-0.4, -0.2) is 40.1 Å². The Morgan fingerprint density at radius 2 is 2.04 bits per heavy atom. The van der Waals surface area contributed by atoms with Gasteiger partial charge in [-0.15, -0.1) is 0 Å². The molecule has 2 aromatic rings. The molecule has 4 atom stereocenters. The summed E-state index contributed by atoms with van der Waals surface area (Å²) in [5.74, 6) is -0.325. The van der Waals surface area contributed by atoms with E-state index in [1.165, 1.54) is 22.9 Å². The summed E-state index contributed by atoms with van der Waals surface area (Å²) in [7, 11) is 0. The first-order valence-electron chi connectivity index (χ1n) is 10.3. The highest BCUT2D eigenvalue weighted by Crippen LogP contribution is 2.52.